The third-order valence-corrected chi connectivity index (χ3v) is 3.02. The van der Waals surface area contributed by atoms with E-state index < -0.39 is 9.85 Å². The van der Waals surface area contributed by atoms with Crippen molar-refractivity contribution in [1.82, 2.24) is 4.98 Å². The zero-order chi connectivity index (χ0) is 15.6. The SMILES string of the molecule is Cc1cccc(Oc2ncc(Br)cc2[N+](=O)[O-])c1[N+](=O)[O-]. The van der Waals surface area contributed by atoms with E-state index in [0.29, 0.717) is 10.0 Å². The number of nitro benzene ring substituents is 1. The average Bonchev–Trinajstić information content (AvgIpc) is 2.40. The van der Waals surface area contributed by atoms with Crippen LogP contribution in [0.15, 0.2) is 34.9 Å². The molecule has 0 aliphatic heterocycles. The van der Waals surface area contributed by atoms with Gasteiger partial charge in [-0.2, -0.15) is 0 Å². The van der Waals surface area contributed by atoms with Gasteiger partial charge in [0.25, 0.3) is 5.88 Å². The highest BCUT2D eigenvalue weighted by molar-refractivity contribution is 9.10. The summed E-state index contributed by atoms with van der Waals surface area (Å²) in [5.41, 5.74) is -0.256. The van der Waals surface area contributed by atoms with Gasteiger partial charge in [-0.25, -0.2) is 4.98 Å². The lowest BCUT2D eigenvalue weighted by Crippen LogP contribution is -1.99. The standard InChI is InChI=1S/C12H8BrN3O5/c1-7-3-2-4-10(11(7)16(19)20)21-12-9(15(17)18)5-8(13)6-14-12/h2-6H,1H3. The molecule has 0 saturated heterocycles. The first kappa shape index (κ1) is 14.9. The number of nitrogens with zero attached hydrogens (tertiary/aromatic N) is 3. The molecule has 1 heterocycles. The van der Waals surface area contributed by atoms with E-state index in [-0.39, 0.29) is 23.0 Å². The number of aromatic nitrogens is 1. The van der Waals surface area contributed by atoms with Crippen molar-refractivity contribution >= 4 is 27.3 Å². The number of para-hydroxylation sites is 1. The van der Waals surface area contributed by atoms with Crippen LogP contribution in [0, 0.1) is 27.2 Å². The highest BCUT2D eigenvalue weighted by atomic mass is 79.9. The van der Waals surface area contributed by atoms with Gasteiger partial charge in [-0.3, -0.25) is 20.2 Å². The van der Waals surface area contributed by atoms with Crippen molar-refractivity contribution in [3.8, 4) is 11.6 Å². The lowest BCUT2D eigenvalue weighted by molar-refractivity contribution is -0.388. The number of halogens is 1. The Morgan fingerprint density at radius 3 is 2.57 bits per heavy atom. The normalized spacial score (nSPS) is 10.2. The van der Waals surface area contributed by atoms with Crippen LogP contribution in [0.25, 0.3) is 0 Å². The van der Waals surface area contributed by atoms with E-state index in [9.17, 15) is 20.2 Å². The molecule has 2 rings (SSSR count). The summed E-state index contributed by atoms with van der Waals surface area (Å²) in [4.78, 5) is 24.6. The van der Waals surface area contributed by atoms with Crippen LogP contribution in [0.2, 0.25) is 0 Å². The second-order valence-corrected chi connectivity index (χ2v) is 4.93. The van der Waals surface area contributed by atoms with E-state index in [2.05, 4.69) is 20.9 Å². The highest BCUT2D eigenvalue weighted by Crippen LogP contribution is 2.37. The van der Waals surface area contributed by atoms with E-state index in [1.54, 1.807) is 19.1 Å². The van der Waals surface area contributed by atoms with Gasteiger partial charge >= 0.3 is 11.4 Å². The molecule has 1 aromatic carbocycles. The van der Waals surface area contributed by atoms with Crippen molar-refractivity contribution < 1.29 is 14.6 Å². The molecule has 0 aliphatic rings. The fraction of sp³-hybridized carbons (Fsp3) is 0.0833. The number of benzene rings is 1. The maximum absolute atomic E-state index is 11.1. The van der Waals surface area contributed by atoms with Crippen molar-refractivity contribution in [2.24, 2.45) is 0 Å². The zero-order valence-corrected chi connectivity index (χ0v) is 12.2. The molecule has 0 unspecified atom stereocenters. The first-order chi connectivity index (χ1) is 9.90. The number of hydrogen-bond acceptors (Lipinski definition) is 6. The summed E-state index contributed by atoms with van der Waals surface area (Å²) in [6, 6.07) is 5.68. The summed E-state index contributed by atoms with van der Waals surface area (Å²) in [7, 11) is 0. The van der Waals surface area contributed by atoms with E-state index in [0.717, 1.165) is 0 Å². The Balaban J connectivity index is 2.51. The van der Waals surface area contributed by atoms with Crippen LogP contribution in [0.3, 0.4) is 0 Å². The number of aryl methyl sites for hydroxylation is 1. The van der Waals surface area contributed by atoms with E-state index in [4.69, 9.17) is 4.74 Å². The van der Waals surface area contributed by atoms with Gasteiger partial charge in [0.05, 0.1) is 9.85 Å². The van der Waals surface area contributed by atoms with Crippen molar-refractivity contribution in [2.45, 2.75) is 6.92 Å². The topological polar surface area (TPSA) is 108 Å². The molecule has 0 radical (unpaired) electrons. The van der Waals surface area contributed by atoms with Gasteiger partial charge in [0, 0.05) is 22.3 Å². The third kappa shape index (κ3) is 3.14. The summed E-state index contributed by atoms with van der Waals surface area (Å²) >= 11 is 3.07. The first-order valence-corrected chi connectivity index (χ1v) is 6.41. The minimum absolute atomic E-state index is 0.0991. The van der Waals surface area contributed by atoms with Gasteiger partial charge in [-0.05, 0) is 28.9 Å². The maximum Gasteiger partial charge on any atom is 0.332 e. The summed E-state index contributed by atoms with van der Waals surface area (Å²) in [6.45, 7) is 1.55. The number of pyridine rings is 1. The number of hydrogen-bond donors (Lipinski definition) is 0. The van der Waals surface area contributed by atoms with Gasteiger partial charge in [0.1, 0.15) is 0 Å². The lowest BCUT2D eigenvalue weighted by Gasteiger charge is -2.07. The predicted octanol–water partition coefficient (Wildman–Crippen LogP) is 3.76. The Kier molecular flexibility index (Phi) is 4.13. The fourth-order valence-electron chi connectivity index (χ4n) is 1.68. The monoisotopic (exact) mass is 353 g/mol. The Labute approximate surface area is 126 Å². The quantitative estimate of drug-likeness (QED) is 0.611. The second-order valence-electron chi connectivity index (χ2n) is 4.02. The van der Waals surface area contributed by atoms with Crippen molar-refractivity contribution in [2.75, 3.05) is 0 Å². The van der Waals surface area contributed by atoms with Crippen molar-refractivity contribution in [1.29, 1.82) is 0 Å². The summed E-state index contributed by atoms with van der Waals surface area (Å²) < 4.78 is 5.69. The lowest BCUT2D eigenvalue weighted by atomic mass is 10.2. The molecule has 0 atom stereocenters. The van der Waals surface area contributed by atoms with Gasteiger partial charge < -0.3 is 4.74 Å². The second kappa shape index (κ2) is 5.83. The highest BCUT2D eigenvalue weighted by Gasteiger charge is 2.24. The largest absolute Gasteiger partial charge is 0.426 e. The van der Waals surface area contributed by atoms with Crippen LogP contribution in [-0.2, 0) is 0 Å². The number of nitro groups is 2. The third-order valence-electron chi connectivity index (χ3n) is 2.59. The fourth-order valence-corrected chi connectivity index (χ4v) is 2.00. The minimum atomic E-state index is -0.672. The average molecular weight is 354 g/mol. The minimum Gasteiger partial charge on any atom is -0.426 e. The predicted molar refractivity (Wildman–Crippen MR) is 76.5 cm³/mol. The van der Waals surface area contributed by atoms with Crippen LogP contribution in [0.5, 0.6) is 11.6 Å². The summed E-state index contributed by atoms with van der Waals surface area (Å²) in [5.74, 6) is -0.408. The van der Waals surface area contributed by atoms with Crippen LogP contribution < -0.4 is 4.74 Å². The summed E-state index contributed by atoms with van der Waals surface area (Å²) in [5, 5.41) is 22.1. The molecule has 8 nitrogen and oxygen atoms in total. The van der Waals surface area contributed by atoms with Crippen molar-refractivity contribution in [3.63, 3.8) is 0 Å². The number of ether oxygens (including phenoxy) is 1. The zero-order valence-electron chi connectivity index (χ0n) is 10.6. The van der Waals surface area contributed by atoms with Crippen LogP contribution in [-0.4, -0.2) is 14.8 Å². The number of rotatable bonds is 4. The van der Waals surface area contributed by atoms with Crippen LogP contribution >= 0.6 is 15.9 Å². The van der Waals surface area contributed by atoms with Gasteiger partial charge in [0.2, 0.25) is 5.75 Å². The maximum atomic E-state index is 11.1. The summed E-state index contributed by atoms with van der Waals surface area (Å²) in [6.07, 6.45) is 1.31. The molecule has 0 amide bonds. The molecular formula is C12H8BrN3O5. The molecular weight excluding hydrogens is 346 g/mol. The molecule has 108 valence electrons. The first-order valence-electron chi connectivity index (χ1n) is 5.62. The molecule has 0 bridgehead atoms. The van der Waals surface area contributed by atoms with Gasteiger partial charge in [-0.15, -0.1) is 0 Å². The van der Waals surface area contributed by atoms with E-state index >= 15 is 0 Å². The van der Waals surface area contributed by atoms with E-state index in [1.807, 2.05) is 0 Å². The Morgan fingerprint density at radius 1 is 1.24 bits per heavy atom. The van der Waals surface area contributed by atoms with E-state index in [1.165, 1.54) is 18.3 Å². The molecule has 2 aromatic rings. The Hall–Kier alpha value is -2.55. The molecule has 0 N–H and O–H groups in total. The van der Waals surface area contributed by atoms with Crippen LogP contribution in [0.1, 0.15) is 5.56 Å². The molecule has 0 saturated carbocycles. The Bertz CT molecular complexity index is 735. The van der Waals surface area contributed by atoms with Gasteiger partial charge in [0.15, 0.2) is 0 Å². The smallest absolute Gasteiger partial charge is 0.332 e. The molecule has 1 aromatic heterocycles. The molecule has 0 fully saturated rings. The Morgan fingerprint density at radius 2 is 1.95 bits per heavy atom. The molecule has 0 aliphatic carbocycles. The van der Waals surface area contributed by atoms with Crippen molar-refractivity contribution in [3.05, 3.63) is 60.7 Å². The van der Waals surface area contributed by atoms with Gasteiger partial charge in [-0.1, -0.05) is 12.1 Å². The molecule has 9 heteroatoms. The molecule has 0 spiro atoms. The molecule has 21 heavy (non-hydrogen) atoms. The van der Waals surface area contributed by atoms with Crippen LogP contribution in [0.4, 0.5) is 11.4 Å².